The molecule has 1 unspecified atom stereocenters. The van der Waals surface area contributed by atoms with E-state index < -0.39 is 5.41 Å². The molecule has 356 valence electrons. The van der Waals surface area contributed by atoms with Gasteiger partial charge in [0, 0.05) is 55.6 Å². The van der Waals surface area contributed by atoms with Crippen LogP contribution in [-0.4, -0.2) is 11.7 Å². The monoisotopic (exact) mass is 946 g/mol. The van der Waals surface area contributed by atoms with E-state index in [1.165, 1.54) is 116 Å². The number of aromatic nitrogens is 1. The first-order valence-electron chi connectivity index (χ1n) is 25.9. The number of benzene rings is 6. The van der Waals surface area contributed by atoms with Gasteiger partial charge in [-0.15, -0.1) is 11.3 Å². The summed E-state index contributed by atoms with van der Waals surface area (Å²) in [5, 5.41) is 0. The van der Waals surface area contributed by atoms with Crippen LogP contribution in [0.4, 0.5) is 34.1 Å². The van der Waals surface area contributed by atoms with E-state index in [0.717, 1.165) is 5.69 Å². The Balaban J connectivity index is 1.23. The lowest BCUT2D eigenvalue weighted by Gasteiger charge is -2.46. The molecular weight excluding hydrogens is 878 g/mol. The number of pyridine rings is 1. The van der Waals surface area contributed by atoms with Gasteiger partial charge >= 0.3 is 0 Å². The molecule has 71 heavy (non-hydrogen) atoms. The fourth-order valence-electron chi connectivity index (χ4n) is 12.2. The Hall–Kier alpha value is -6.17. The summed E-state index contributed by atoms with van der Waals surface area (Å²) in [6.07, 6.45) is 1.98. The summed E-state index contributed by atoms with van der Waals surface area (Å²) >= 11 is 2.01. The summed E-state index contributed by atoms with van der Waals surface area (Å²) in [6.45, 7) is 35.1. The van der Waals surface area contributed by atoms with E-state index in [-0.39, 0.29) is 33.8 Å². The Labute approximate surface area is 428 Å². The van der Waals surface area contributed by atoms with Gasteiger partial charge in [0.15, 0.2) is 0 Å². The molecule has 5 heteroatoms. The fourth-order valence-corrected chi connectivity index (χ4v) is 13.7. The Bertz CT molecular complexity index is 3460. The SMILES string of the molecule is CC(C)(C)c1ccc(N2c3cc(C(C)(C)C)ccc3B3c4cc5c(cc4N(c4ccc(C(C)(C)C)cc4)c4cc(C(C)(C)C)cc2c43)-c2cc(C(C)(C)C)sc2C52c3ccccc3-c3ncccc32)cc1. The molecular formula is C66H68BN3S. The van der Waals surface area contributed by atoms with E-state index in [9.17, 15) is 0 Å². The van der Waals surface area contributed by atoms with Gasteiger partial charge < -0.3 is 9.80 Å². The van der Waals surface area contributed by atoms with Gasteiger partial charge in [0.2, 0.25) is 0 Å². The van der Waals surface area contributed by atoms with E-state index >= 15 is 0 Å². The number of hydrogen-bond acceptors (Lipinski definition) is 4. The smallest absolute Gasteiger partial charge is 0.252 e. The van der Waals surface area contributed by atoms with Crippen LogP contribution in [0.1, 0.15) is 153 Å². The predicted molar refractivity (Wildman–Crippen MR) is 306 cm³/mol. The lowest BCUT2D eigenvalue weighted by Crippen LogP contribution is -2.61. The van der Waals surface area contributed by atoms with Gasteiger partial charge in [-0.1, -0.05) is 177 Å². The minimum atomic E-state index is -0.513. The molecule has 2 aromatic heterocycles. The highest BCUT2D eigenvalue weighted by Crippen LogP contribution is 2.65. The second-order valence-electron chi connectivity index (χ2n) is 26.2. The molecule has 4 aliphatic rings. The molecule has 0 N–H and O–H groups in total. The number of fused-ring (bicyclic) bond motifs is 14. The van der Waals surface area contributed by atoms with Crippen LogP contribution < -0.4 is 26.2 Å². The predicted octanol–water partition coefficient (Wildman–Crippen LogP) is 16.1. The summed E-state index contributed by atoms with van der Waals surface area (Å²) in [5.74, 6) is 0. The Morgan fingerprint density at radius 2 is 0.944 bits per heavy atom. The van der Waals surface area contributed by atoms with Gasteiger partial charge in [-0.3, -0.25) is 4.98 Å². The highest BCUT2D eigenvalue weighted by atomic mass is 32.1. The minimum Gasteiger partial charge on any atom is -0.311 e. The van der Waals surface area contributed by atoms with Crippen LogP contribution in [0.15, 0.2) is 140 Å². The van der Waals surface area contributed by atoms with Crippen LogP contribution >= 0.6 is 11.3 Å². The topological polar surface area (TPSA) is 19.4 Å². The molecule has 2 aliphatic heterocycles. The molecule has 4 heterocycles. The maximum Gasteiger partial charge on any atom is 0.252 e. The average molecular weight is 946 g/mol. The number of hydrogen-bond donors (Lipinski definition) is 0. The van der Waals surface area contributed by atoms with Gasteiger partial charge in [0.05, 0.1) is 11.1 Å². The molecule has 0 amide bonds. The fraction of sp³-hybridized carbons (Fsp3) is 0.318. The number of nitrogens with zero attached hydrogens (tertiary/aromatic N) is 3. The Kier molecular flexibility index (Phi) is 9.67. The summed E-state index contributed by atoms with van der Waals surface area (Å²) in [4.78, 5) is 13.3. The van der Waals surface area contributed by atoms with Crippen molar-refractivity contribution in [1.29, 1.82) is 0 Å². The molecule has 12 rings (SSSR count). The second-order valence-corrected chi connectivity index (χ2v) is 27.2. The molecule has 0 fully saturated rings. The molecule has 0 bridgehead atoms. The molecule has 0 saturated heterocycles. The first-order chi connectivity index (χ1) is 33.4. The van der Waals surface area contributed by atoms with Gasteiger partial charge in [-0.2, -0.15) is 0 Å². The van der Waals surface area contributed by atoms with Crippen LogP contribution in [0.2, 0.25) is 0 Å². The Morgan fingerprint density at radius 1 is 0.423 bits per heavy atom. The van der Waals surface area contributed by atoms with Gasteiger partial charge in [0.25, 0.3) is 6.71 Å². The van der Waals surface area contributed by atoms with Crippen LogP contribution in [0.25, 0.3) is 22.4 Å². The molecule has 1 spiro atoms. The van der Waals surface area contributed by atoms with Crippen LogP contribution in [0.3, 0.4) is 0 Å². The molecule has 1 atom stereocenters. The summed E-state index contributed by atoms with van der Waals surface area (Å²) in [7, 11) is 0. The lowest BCUT2D eigenvalue weighted by molar-refractivity contribution is 0.589. The zero-order valence-electron chi connectivity index (χ0n) is 44.6. The zero-order valence-corrected chi connectivity index (χ0v) is 45.4. The third-order valence-electron chi connectivity index (χ3n) is 16.2. The van der Waals surface area contributed by atoms with Crippen LogP contribution in [0, 0.1) is 0 Å². The standard InChI is InChI=1S/C66H68BN3S/c1-61(2,3)39-22-27-43(28-23-39)69-53-33-41(63(7,8)9)26-31-51(53)67-52-38-50-46(47-37-57(65(13,14)15)71-60(47)66(50)48-20-17-16-19-45(48)59-49(66)21-18-32-68-59)36-54(52)70(44-29-24-40(25-30-44)62(4,5)6)56-35-42(64(10,11)12)34-55(69)58(56)67/h16-38H,1-15H3. The van der Waals surface area contributed by atoms with Crippen LogP contribution in [-0.2, 0) is 32.5 Å². The largest absolute Gasteiger partial charge is 0.311 e. The van der Waals surface area contributed by atoms with E-state index in [4.69, 9.17) is 4.98 Å². The van der Waals surface area contributed by atoms with Crippen molar-refractivity contribution in [1.82, 2.24) is 4.98 Å². The summed E-state index contributed by atoms with van der Waals surface area (Å²) in [6, 6.07) is 52.9. The number of rotatable bonds is 2. The van der Waals surface area contributed by atoms with E-state index in [2.05, 4.69) is 247 Å². The van der Waals surface area contributed by atoms with E-state index in [1.54, 1.807) is 0 Å². The van der Waals surface area contributed by atoms with Crippen molar-refractivity contribution in [3.8, 4) is 22.4 Å². The van der Waals surface area contributed by atoms with Crippen molar-refractivity contribution in [3.63, 3.8) is 0 Å². The van der Waals surface area contributed by atoms with Crippen LogP contribution in [0.5, 0.6) is 0 Å². The van der Waals surface area contributed by atoms with Crippen molar-refractivity contribution in [2.24, 2.45) is 0 Å². The lowest BCUT2D eigenvalue weighted by atomic mass is 9.33. The third kappa shape index (κ3) is 6.70. The second kappa shape index (κ2) is 15.0. The van der Waals surface area contributed by atoms with Gasteiger partial charge in [-0.05, 0) is 154 Å². The third-order valence-corrected chi connectivity index (χ3v) is 17.9. The minimum absolute atomic E-state index is 0.0172. The van der Waals surface area contributed by atoms with Crippen molar-refractivity contribution < 1.29 is 0 Å². The molecule has 2 aliphatic carbocycles. The van der Waals surface area contributed by atoms with E-state index in [0.29, 0.717) is 0 Å². The quantitative estimate of drug-likeness (QED) is 0.161. The molecule has 8 aromatic rings. The number of thiophene rings is 1. The number of anilines is 6. The van der Waals surface area contributed by atoms with Gasteiger partial charge in [0.1, 0.15) is 0 Å². The first-order valence-corrected chi connectivity index (χ1v) is 26.7. The zero-order chi connectivity index (χ0) is 50.1. The van der Waals surface area contributed by atoms with Crippen molar-refractivity contribution in [2.45, 2.75) is 136 Å². The van der Waals surface area contributed by atoms with Crippen molar-refractivity contribution in [3.05, 3.63) is 188 Å². The van der Waals surface area contributed by atoms with Crippen molar-refractivity contribution >= 4 is 68.6 Å². The highest BCUT2D eigenvalue weighted by molar-refractivity contribution is 7.13. The first kappa shape index (κ1) is 45.9. The maximum absolute atomic E-state index is 5.20. The molecule has 6 aromatic carbocycles. The highest BCUT2D eigenvalue weighted by Gasteiger charge is 2.55. The molecule has 3 nitrogen and oxygen atoms in total. The molecule has 0 radical (unpaired) electrons. The normalized spacial score (nSPS) is 16.6. The van der Waals surface area contributed by atoms with Gasteiger partial charge in [-0.25, -0.2) is 0 Å². The van der Waals surface area contributed by atoms with E-state index in [1.807, 2.05) is 17.5 Å². The Morgan fingerprint density at radius 3 is 1.51 bits per heavy atom. The average Bonchev–Trinajstić information content (AvgIpc) is 3.96. The van der Waals surface area contributed by atoms with Crippen molar-refractivity contribution in [2.75, 3.05) is 9.80 Å². The summed E-state index contributed by atoms with van der Waals surface area (Å²) < 4.78 is 0. The maximum atomic E-state index is 5.20. The summed E-state index contributed by atoms with van der Waals surface area (Å²) in [5.41, 5.74) is 25.1. The molecule has 0 saturated carbocycles.